The van der Waals surface area contributed by atoms with E-state index in [-0.39, 0.29) is 5.91 Å². The molecule has 1 fully saturated rings. The van der Waals surface area contributed by atoms with Crippen molar-refractivity contribution in [3.63, 3.8) is 0 Å². The first-order chi connectivity index (χ1) is 13.7. The molecular weight excluding hydrogens is 392 g/mol. The van der Waals surface area contributed by atoms with Crippen LogP contribution < -0.4 is 9.64 Å². The average molecular weight is 413 g/mol. The van der Waals surface area contributed by atoms with Gasteiger partial charge in [-0.3, -0.25) is 4.79 Å². The molecule has 0 radical (unpaired) electrons. The fraction of sp³-hybridized carbons (Fsp3) is 0.227. The topological polar surface area (TPSA) is 32.8 Å². The quantitative estimate of drug-likeness (QED) is 0.570. The van der Waals surface area contributed by atoms with Gasteiger partial charge in [-0.1, -0.05) is 29.8 Å². The molecule has 2 heterocycles. The number of rotatable bonds is 4. The van der Waals surface area contributed by atoms with Crippen LogP contribution >= 0.6 is 22.9 Å². The Morgan fingerprint density at radius 3 is 2.46 bits per heavy atom. The van der Waals surface area contributed by atoms with Crippen molar-refractivity contribution in [3.8, 4) is 5.75 Å². The van der Waals surface area contributed by atoms with Crippen molar-refractivity contribution in [2.75, 3.05) is 38.2 Å². The van der Waals surface area contributed by atoms with Crippen LogP contribution in [0.4, 0.5) is 5.69 Å². The van der Waals surface area contributed by atoms with E-state index in [0.717, 1.165) is 39.5 Å². The number of fused-ring (bicyclic) bond motifs is 1. The van der Waals surface area contributed by atoms with Gasteiger partial charge in [0.15, 0.2) is 0 Å². The van der Waals surface area contributed by atoms with Crippen LogP contribution in [0.15, 0.2) is 54.6 Å². The number of benzene rings is 2. The summed E-state index contributed by atoms with van der Waals surface area (Å²) in [4.78, 5) is 17.7. The molecule has 1 aromatic heterocycles. The Bertz CT molecular complexity index is 1010. The molecule has 1 aliphatic heterocycles. The Morgan fingerprint density at radius 2 is 1.79 bits per heavy atom. The van der Waals surface area contributed by atoms with E-state index in [4.69, 9.17) is 16.3 Å². The lowest BCUT2D eigenvalue weighted by Gasteiger charge is -2.35. The number of carbonyl (C=O) groups is 1. The van der Waals surface area contributed by atoms with Crippen LogP contribution in [0.1, 0.15) is 4.88 Å². The molecule has 0 spiro atoms. The van der Waals surface area contributed by atoms with Crippen molar-refractivity contribution in [2.24, 2.45) is 0 Å². The molecule has 0 atom stereocenters. The third-order valence-electron chi connectivity index (χ3n) is 4.97. The molecule has 1 saturated heterocycles. The minimum absolute atomic E-state index is 0.0305. The zero-order valence-electron chi connectivity index (χ0n) is 15.6. The molecule has 28 heavy (non-hydrogen) atoms. The Balaban J connectivity index is 1.38. The van der Waals surface area contributed by atoms with E-state index in [1.54, 1.807) is 24.5 Å². The number of piperazine rings is 1. The Morgan fingerprint density at radius 1 is 1.07 bits per heavy atom. The van der Waals surface area contributed by atoms with Gasteiger partial charge in [0.25, 0.3) is 0 Å². The maximum atomic E-state index is 12.6. The van der Waals surface area contributed by atoms with E-state index in [2.05, 4.69) is 17.0 Å². The van der Waals surface area contributed by atoms with Crippen molar-refractivity contribution in [2.45, 2.75) is 0 Å². The number of thiophene rings is 1. The molecule has 3 aromatic rings. The summed E-state index contributed by atoms with van der Waals surface area (Å²) in [7, 11) is 1.67. The van der Waals surface area contributed by atoms with Gasteiger partial charge < -0.3 is 14.5 Å². The molecule has 0 aliphatic carbocycles. The third-order valence-corrected chi connectivity index (χ3v) is 6.62. The highest BCUT2D eigenvalue weighted by Gasteiger charge is 2.20. The number of amides is 1. The highest BCUT2D eigenvalue weighted by Crippen LogP contribution is 2.35. The molecule has 4 nitrogen and oxygen atoms in total. The molecule has 6 heteroatoms. The normalized spacial score (nSPS) is 14.8. The molecule has 4 rings (SSSR count). The fourth-order valence-electron chi connectivity index (χ4n) is 3.37. The van der Waals surface area contributed by atoms with Gasteiger partial charge in [0.05, 0.1) is 12.1 Å². The van der Waals surface area contributed by atoms with Crippen molar-refractivity contribution in [1.82, 2.24) is 4.90 Å². The second-order valence-corrected chi connectivity index (χ2v) is 8.08. The highest BCUT2D eigenvalue weighted by molar-refractivity contribution is 7.20. The molecule has 0 saturated carbocycles. The number of ether oxygens (including phenoxy) is 1. The Hall–Kier alpha value is -2.50. The van der Waals surface area contributed by atoms with Crippen LogP contribution in [0.3, 0.4) is 0 Å². The van der Waals surface area contributed by atoms with E-state index in [1.807, 2.05) is 47.4 Å². The van der Waals surface area contributed by atoms with Gasteiger partial charge in [0.1, 0.15) is 5.75 Å². The van der Waals surface area contributed by atoms with E-state index in [9.17, 15) is 4.79 Å². The minimum Gasteiger partial charge on any atom is -0.497 e. The number of hydrogen-bond acceptors (Lipinski definition) is 4. The first-order valence-electron chi connectivity index (χ1n) is 9.19. The van der Waals surface area contributed by atoms with E-state index < -0.39 is 0 Å². The van der Waals surface area contributed by atoms with E-state index in [1.165, 1.54) is 0 Å². The van der Waals surface area contributed by atoms with Gasteiger partial charge in [-0.2, -0.15) is 0 Å². The predicted molar refractivity (Wildman–Crippen MR) is 118 cm³/mol. The van der Waals surface area contributed by atoms with Crippen LogP contribution in [0.2, 0.25) is 5.02 Å². The largest absolute Gasteiger partial charge is 0.497 e. The Labute approximate surface area is 173 Å². The van der Waals surface area contributed by atoms with Crippen LogP contribution in [-0.2, 0) is 4.79 Å². The number of halogens is 1. The standard InChI is InChI=1S/C22H21ClN2O2S/c1-27-17-8-6-16(7-9-17)24-12-14-25(15-13-24)21(26)11-10-20-22(23)18-4-2-3-5-19(18)28-20/h2-11H,12-15H2,1H3/b11-10+. The maximum absolute atomic E-state index is 12.6. The van der Waals surface area contributed by atoms with Crippen LogP contribution in [0, 0.1) is 0 Å². The molecule has 0 N–H and O–H groups in total. The van der Waals surface area contributed by atoms with E-state index in [0.29, 0.717) is 18.1 Å². The zero-order chi connectivity index (χ0) is 19.5. The number of anilines is 1. The molecule has 0 bridgehead atoms. The summed E-state index contributed by atoms with van der Waals surface area (Å²) in [5.41, 5.74) is 1.15. The summed E-state index contributed by atoms with van der Waals surface area (Å²) in [6, 6.07) is 16.1. The Kier molecular flexibility index (Phi) is 5.55. The number of methoxy groups -OCH3 is 1. The summed E-state index contributed by atoms with van der Waals surface area (Å²) < 4.78 is 6.34. The lowest BCUT2D eigenvalue weighted by Crippen LogP contribution is -2.48. The molecular formula is C22H21ClN2O2S. The van der Waals surface area contributed by atoms with Gasteiger partial charge >= 0.3 is 0 Å². The SMILES string of the molecule is COc1ccc(N2CCN(C(=O)/C=C/c3sc4ccccc4c3Cl)CC2)cc1. The van der Waals surface area contributed by atoms with Crippen molar-refractivity contribution in [1.29, 1.82) is 0 Å². The van der Waals surface area contributed by atoms with Gasteiger partial charge in [-0.15, -0.1) is 11.3 Å². The number of carbonyl (C=O) groups excluding carboxylic acids is 1. The monoisotopic (exact) mass is 412 g/mol. The van der Waals surface area contributed by atoms with Crippen LogP contribution in [0.5, 0.6) is 5.75 Å². The predicted octanol–water partition coefficient (Wildman–Crippen LogP) is 4.93. The first kappa shape index (κ1) is 18.8. The fourth-order valence-corrected chi connectivity index (χ4v) is 4.77. The molecule has 1 aliphatic rings. The molecule has 1 amide bonds. The van der Waals surface area contributed by atoms with E-state index >= 15 is 0 Å². The summed E-state index contributed by atoms with van der Waals surface area (Å²) in [5.74, 6) is 0.880. The summed E-state index contributed by atoms with van der Waals surface area (Å²) >= 11 is 8.06. The zero-order valence-corrected chi connectivity index (χ0v) is 17.2. The number of hydrogen-bond donors (Lipinski definition) is 0. The lowest BCUT2D eigenvalue weighted by atomic mass is 10.2. The van der Waals surface area contributed by atoms with Gasteiger partial charge in [0, 0.05) is 52.9 Å². The van der Waals surface area contributed by atoms with Crippen LogP contribution in [0.25, 0.3) is 16.2 Å². The second-order valence-electron chi connectivity index (χ2n) is 6.62. The smallest absolute Gasteiger partial charge is 0.246 e. The van der Waals surface area contributed by atoms with Gasteiger partial charge in [0.2, 0.25) is 5.91 Å². The summed E-state index contributed by atoms with van der Waals surface area (Å²) in [6.45, 7) is 3.04. The minimum atomic E-state index is 0.0305. The van der Waals surface area contributed by atoms with Crippen molar-refractivity contribution >= 4 is 50.7 Å². The van der Waals surface area contributed by atoms with Gasteiger partial charge in [-0.25, -0.2) is 0 Å². The third kappa shape index (κ3) is 3.86. The number of nitrogens with zero attached hydrogens (tertiary/aromatic N) is 2. The summed E-state index contributed by atoms with van der Waals surface area (Å²) in [5, 5.41) is 1.75. The first-order valence-corrected chi connectivity index (χ1v) is 10.4. The average Bonchev–Trinajstić information content (AvgIpc) is 3.08. The molecule has 0 unspecified atom stereocenters. The molecule has 144 valence electrons. The second kappa shape index (κ2) is 8.25. The molecule has 2 aromatic carbocycles. The van der Waals surface area contributed by atoms with Crippen molar-refractivity contribution < 1.29 is 9.53 Å². The summed E-state index contributed by atoms with van der Waals surface area (Å²) in [6.07, 6.45) is 3.48. The maximum Gasteiger partial charge on any atom is 0.246 e. The van der Waals surface area contributed by atoms with Crippen molar-refractivity contribution in [3.05, 3.63) is 64.5 Å². The lowest BCUT2D eigenvalue weighted by molar-refractivity contribution is -0.126. The van der Waals surface area contributed by atoms with Crippen LogP contribution in [-0.4, -0.2) is 44.1 Å². The highest BCUT2D eigenvalue weighted by atomic mass is 35.5. The van der Waals surface area contributed by atoms with Gasteiger partial charge in [-0.05, 0) is 36.4 Å².